The third-order valence-corrected chi connectivity index (χ3v) is 4.51. The second-order valence-corrected chi connectivity index (χ2v) is 7.17. The largest absolute Gasteiger partial charge is 0.335 e. The van der Waals surface area contributed by atoms with E-state index in [-0.39, 0.29) is 16.8 Å². The van der Waals surface area contributed by atoms with E-state index >= 15 is 0 Å². The highest BCUT2D eigenvalue weighted by Gasteiger charge is 2.18. The normalized spacial score (nSPS) is 10.5. The van der Waals surface area contributed by atoms with Crippen molar-refractivity contribution < 1.29 is 4.79 Å². The highest BCUT2D eigenvalue weighted by atomic mass is 79.9. The van der Waals surface area contributed by atoms with Gasteiger partial charge < -0.3 is 4.90 Å². The smallest absolute Gasteiger partial charge is 0.274 e. The average Bonchev–Trinajstić information content (AvgIpc) is 2.77. The molecule has 100 valence electrons. The molecular weight excluding hydrogens is 371 g/mol. The molecule has 0 aliphatic rings. The molecule has 0 aliphatic heterocycles. The number of aromatic nitrogens is 1. The van der Waals surface area contributed by atoms with Crippen molar-refractivity contribution in [3.63, 3.8) is 0 Å². The molecule has 3 nitrogen and oxygen atoms in total. The molecule has 0 radical (unpaired) electrons. The van der Waals surface area contributed by atoms with Crippen molar-refractivity contribution in [2.24, 2.45) is 0 Å². The first-order chi connectivity index (χ1) is 8.97. The van der Waals surface area contributed by atoms with Gasteiger partial charge in [0.05, 0.1) is 15.4 Å². The van der Waals surface area contributed by atoms with Gasteiger partial charge >= 0.3 is 0 Å². The SMILES string of the molecule is CN(Cc1ccc(Br)s1)C(=O)c1nc(Cl)ccc1Cl. The fourth-order valence-corrected chi connectivity index (χ4v) is 3.36. The number of pyridine rings is 1. The molecule has 0 bridgehead atoms. The van der Waals surface area contributed by atoms with Crippen LogP contribution in [0.15, 0.2) is 28.1 Å². The molecule has 0 N–H and O–H groups in total. The van der Waals surface area contributed by atoms with Crippen LogP contribution in [0.25, 0.3) is 0 Å². The van der Waals surface area contributed by atoms with E-state index in [1.54, 1.807) is 35.4 Å². The number of carbonyl (C=O) groups is 1. The molecule has 2 aromatic heterocycles. The zero-order valence-corrected chi connectivity index (χ0v) is 13.8. The molecule has 0 aromatic carbocycles. The fraction of sp³-hybridized carbons (Fsp3) is 0.167. The predicted molar refractivity (Wildman–Crippen MR) is 82.1 cm³/mol. The van der Waals surface area contributed by atoms with Crippen LogP contribution in [0.3, 0.4) is 0 Å². The van der Waals surface area contributed by atoms with Crippen molar-refractivity contribution in [2.75, 3.05) is 7.05 Å². The van der Waals surface area contributed by atoms with Gasteiger partial charge in [0.25, 0.3) is 5.91 Å². The van der Waals surface area contributed by atoms with Gasteiger partial charge in [0.2, 0.25) is 0 Å². The molecule has 2 heterocycles. The first kappa shape index (κ1) is 14.8. The number of thiophene rings is 1. The Bertz CT molecular complexity index is 618. The van der Waals surface area contributed by atoms with Gasteiger partial charge in [-0.3, -0.25) is 4.79 Å². The van der Waals surface area contributed by atoms with Crippen LogP contribution in [-0.2, 0) is 6.54 Å². The molecule has 0 fully saturated rings. The first-order valence-electron chi connectivity index (χ1n) is 5.29. The molecule has 0 aliphatic carbocycles. The van der Waals surface area contributed by atoms with Gasteiger partial charge in [-0.2, -0.15) is 0 Å². The molecule has 0 unspecified atom stereocenters. The molecule has 2 aromatic rings. The first-order valence-corrected chi connectivity index (χ1v) is 7.65. The lowest BCUT2D eigenvalue weighted by atomic mass is 10.3. The topological polar surface area (TPSA) is 33.2 Å². The summed E-state index contributed by atoms with van der Waals surface area (Å²) in [6.07, 6.45) is 0. The highest BCUT2D eigenvalue weighted by Crippen LogP contribution is 2.24. The zero-order chi connectivity index (χ0) is 14.0. The Morgan fingerprint density at radius 3 is 2.74 bits per heavy atom. The molecule has 0 atom stereocenters. The summed E-state index contributed by atoms with van der Waals surface area (Å²) in [5.41, 5.74) is 0.173. The Labute approximate surface area is 133 Å². The molecule has 2 rings (SSSR count). The summed E-state index contributed by atoms with van der Waals surface area (Å²) in [6.45, 7) is 0.500. The Kier molecular flexibility index (Phi) is 4.84. The van der Waals surface area contributed by atoms with E-state index in [0.29, 0.717) is 11.6 Å². The van der Waals surface area contributed by atoms with Crippen molar-refractivity contribution in [1.29, 1.82) is 0 Å². The number of nitrogens with zero attached hydrogens (tertiary/aromatic N) is 2. The van der Waals surface area contributed by atoms with Gasteiger partial charge in [-0.05, 0) is 40.2 Å². The standard InChI is InChI=1S/C12H9BrCl2N2OS/c1-17(6-7-2-4-9(13)19-7)12(18)11-8(14)3-5-10(15)16-11/h2-5H,6H2,1H3. The Hall–Kier alpha value is -0.620. The van der Waals surface area contributed by atoms with Crippen LogP contribution in [0.5, 0.6) is 0 Å². The van der Waals surface area contributed by atoms with E-state index in [1.807, 2.05) is 12.1 Å². The number of carbonyl (C=O) groups excluding carboxylic acids is 1. The molecule has 7 heteroatoms. The molecule has 1 amide bonds. The average molecular weight is 380 g/mol. The van der Waals surface area contributed by atoms with Crippen LogP contribution in [-0.4, -0.2) is 22.8 Å². The number of hydrogen-bond donors (Lipinski definition) is 0. The minimum atomic E-state index is -0.253. The summed E-state index contributed by atoms with van der Waals surface area (Å²) in [5, 5.41) is 0.550. The third kappa shape index (κ3) is 3.69. The summed E-state index contributed by atoms with van der Waals surface area (Å²) in [6, 6.07) is 7.03. The van der Waals surface area contributed by atoms with Crippen LogP contribution < -0.4 is 0 Å². The van der Waals surface area contributed by atoms with Gasteiger partial charge in [0.15, 0.2) is 0 Å². The summed E-state index contributed by atoms with van der Waals surface area (Å²) < 4.78 is 1.03. The van der Waals surface area contributed by atoms with Crippen molar-refractivity contribution >= 4 is 56.4 Å². The van der Waals surface area contributed by atoms with Crippen molar-refractivity contribution in [3.05, 3.63) is 48.8 Å². The molecule has 0 spiro atoms. The monoisotopic (exact) mass is 378 g/mol. The van der Waals surface area contributed by atoms with Gasteiger partial charge in [-0.15, -0.1) is 11.3 Å². The van der Waals surface area contributed by atoms with E-state index in [9.17, 15) is 4.79 Å². The van der Waals surface area contributed by atoms with Crippen LogP contribution >= 0.6 is 50.5 Å². The van der Waals surface area contributed by atoms with E-state index in [1.165, 1.54) is 0 Å². The maximum Gasteiger partial charge on any atom is 0.274 e. The zero-order valence-electron chi connectivity index (χ0n) is 9.86. The van der Waals surface area contributed by atoms with Crippen molar-refractivity contribution in [3.8, 4) is 0 Å². The molecule has 0 saturated heterocycles. The van der Waals surface area contributed by atoms with E-state index in [2.05, 4.69) is 20.9 Å². The minimum Gasteiger partial charge on any atom is -0.335 e. The quantitative estimate of drug-likeness (QED) is 0.736. The van der Waals surface area contributed by atoms with Gasteiger partial charge in [-0.25, -0.2) is 4.98 Å². The van der Waals surface area contributed by atoms with Gasteiger partial charge in [-0.1, -0.05) is 23.2 Å². The lowest BCUT2D eigenvalue weighted by molar-refractivity contribution is 0.0781. The lowest BCUT2D eigenvalue weighted by Crippen LogP contribution is -2.27. The van der Waals surface area contributed by atoms with Crippen molar-refractivity contribution in [1.82, 2.24) is 9.88 Å². The highest BCUT2D eigenvalue weighted by molar-refractivity contribution is 9.11. The minimum absolute atomic E-state index is 0.173. The van der Waals surface area contributed by atoms with E-state index < -0.39 is 0 Å². The number of hydrogen-bond acceptors (Lipinski definition) is 3. The number of rotatable bonds is 3. The molecule has 19 heavy (non-hydrogen) atoms. The summed E-state index contributed by atoms with van der Waals surface area (Å²) >= 11 is 16.7. The van der Waals surface area contributed by atoms with Gasteiger partial charge in [0.1, 0.15) is 10.8 Å². The van der Waals surface area contributed by atoms with E-state index in [0.717, 1.165) is 8.66 Å². The van der Waals surface area contributed by atoms with Crippen LogP contribution in [0, 0.1) is 0 Å². The Morgan fingerprint density at radius 2 is 2.11 bits per heavy atom. The Balaban J connectivity index is 2.16. The van der Waals surface area contributed by atoms with Gasteiger partial charge in [0, 0.05) is 11.9 Å². The molecule has 0 saturated carbocycles. The van der Waals surface area contributed by atoms with E-state index in [4.69, 9.17) is 23.2 Å². The fourth-order valence-electron chi connectivity index (χ4n) is 1.49. The molecular formula is C12H9BrCl2N2OS. The Morgan fingerprint density at radius 1 is 1.37 bits per heavy atom. The predicted octanol–water partition coefficient (Wildman–Crippen LogP) is 4.48. The van der Waals surface area contributed by atoms with Crippen LogP contribution in [0.2, 0.25) is 10.2 Å². The second kappa shape index (κ2) is 6.22. The van der Waals surface area contributed by atoms with Crippen molar-refractivity contribution in [2.45, 2.75) is 6.54 Å². The summed E-state index contributed by atoms with van der Waals surface area (Å²) in [7, 11) is 1.70. The number of halogens is 3. The third-order valence-electron chi connectivity index (χ3n) is 2.38. The van der Waals surface area contributed by atoms with Crippen LogP contribution in [0.1, 0.15) is 15.4 Å². The number of amides is 1. The lowest BCUT2D eigenvalue weighted by Gasteiger charge is -2.16. The maximum atomic E-state index is 12.2. The summed E-state index contributed by atoms with van der Waals surface area (Å²) in [4.78, 5) is 18.8. The summed E-state index contributed by atoms with van der Waals surface area (Å²) in [5.74, 6) is -0.253. The maximum absolute atomic E-state index is 12.2. The van der Waals surface area contributed by atoms with Crippen LogP contribution in [0.4, 0.5) is 0 Å². The second-order valence-electron chi connectivity index (χ2n) is 3.83.